The first-order chi connectivity index (χ1) is 11.0. The molecule has 0 bridgehead atoms. The van der Waals surface area contributed by atoms with Gasteiger partial charge in [-0.1, -0.05) is 44.8 Å². The normalized spacial score (nSPS) is 10.6. The van der Waals surface area contributed by atoms with Gasteiger partial charge in [-0.15, -0.1) is 5.10 Å². The summed E-state index contributed by atoms with van der Waals surface area (Å²) in [5.41, 5.74) is 3.56. The van der Waals surface area contributed by atoms with Crippen molar-refractivity contribution in [3.05, 3.63) is 63.6 Å². The second-order valence-corrected chi connectivity index (χ2v) is 6.11. The molecule has 1 aromatic heterocycles. The Balaban J connectivity index is 1.81. The molecule has 0 atom stereocenters. The Kier molecular flexibility index (Phi) is 4.25. The van der Waals surface area contributed by atoms with Gasteiger partial charge in [-0.3, -0.25) is 10.1 Å². The average molecular weight is 372 g/mol. The Morgan fingerprint density at radius 1 is 1.13 bits per heavy atom. The van der Waals surface area contributed by atoms with Gasteiger partial charge in [-0.25, -0.2) is 0 Å². The molecule has 3 rings (SSSR count). The highest BCUT2D eigenvalue weighted by molar-refractivity contribution is 9.10. The second kappa shape index (κ2) is 6.34. The van der Waals surface area contributed by atoms with E-state index in [9.17, 15) is 4.79 Å². The highest BCUT2D eigenvalue weighted by Crippen LogP contribution is 2.24. The molecule has 0 unspecified atom stereocenters. The van der Waals surface area contributed by atoms with Crippen molar-refractivity contribution in [1.82, 2.24) is 10.2 Å². The van der Waals surface area contributed by atoms with E-state index in [4.69, 9.17) is 4.42 Å². The molecule has 0 radical (unpaired) electrons. The second-order valence-electron chi connectivity index (χ2n) is 5.20. The number of benzene rings is 2. The van der Waals surface area contributed by atoms with Crippen molar-refractivity contribution in [3.63, 3.8) is 0 Å². The Morgan fingerprint density at radius 3 is 2.70 bits per heavy atom. The largest absolute Gasteiger partial charge is 0.403 e. The molecular weight excluding hydrogens is 358 g/mol. The zero-order chi connectivity index (χ0) is 16.4. The summed E-state index contributed by atoms with van der Waals surface area (Å²) >= 11 is 3.33. The molecule has 0 aliphatic heterocycles. The predicted molar refractivity (Wildman–Crippen MR) is 91.3 cm³/mol. The van der Waals surface area contributed by atoms with Crippen LogP contribution in [-0.2, 0) is 0 Å². The van der Waals surface area contributed by atoms with Crippen molar-refractivity contribution < 1.29 is 9.21 Å². The number of hydrogen-bond donors (Lipinski definition) is 1. The fourth-order valence-corrected chi connectivity index (χ4v) is 2.63. The summed E-state index contributed by atoms with van der Waals surface area (Å²) in [6.07, 6.45) is 0. The molecule has 2 aromatic carbocycles. The minimum atomic E-state index is -0.304. The van der Waals surface area contributed by atoms with Gasteiger partial charge in [0.15, 0.2) is 0 Å². The molecule has 0 fully saturated rings. The lowest BCUT2D eigenvalue weighted by Gasteiger charge is -2.02. The highest BCUT2D eigenvalue weighted by Gasteiger charge is 2.14. The number of aryl methyl sites for hydroxylation is 2. The maximum atomic E-state index is 12.2. The average Bonchev–Trinajstić information content (AvgIpc) is 2.95. The van der Waals surface area contributed by atoms with Crippen molar-refractivity contribution in [2.45, 2.75) is 13.8 Å². The van der Waals surface area contributed by atoms with Crippen LogP contribution in [0.3, 0.4) is 0 Å². The van der Waals surface area contributed by atoms with Crippen molar-refractivity contribution in [2.24, 2.45) is 0 Å². The number of carbonyl (C=O) groups is 1. The molecule has 0 aliphatic rings. The first-order valence-corrected chi connectivity index (χ1v) is 7.80. The fraction of sp³-hybridized carbons (Fsp3) is 0.118. The van der Waals surface area contributed by atoms with Crippen LogP contribution in [0.1, 0.15) is 21.5 Å². The van der Waals surface area contributed by atoms with Gasteiger partial charge in [0.25, 0.3) is 5.91 Å². The van der Waals surface area contributed by atoms with Crippen LogP contribution in [0, 0.1) is 13.8 Å². The maximum absolute atomic E-state index is 12.2. The van der Waals surface area contributed by atoms with E-state index in [1.54, 1.807) is 18.2 Å². The number of rotatable bonds is 3. The van der Waals surface area contributed by atoms with E-state index in [-0.39, 0.29) is 11.9 Å². The van der Waals surface area contributed by atoms with Gasteiger partial charge in [-0.2, -0.15) is 0 Å². The lowest BCUT2D eigenvalue weighted by molar-refractivity contribution is 0.102. The first-order valence-electron chi connectivity index (χ1n) is 7.01. The number of nitrogens with one attached hydrogen (secondary N) is 1. The number of anilines is 1. The van der Waals surface area contributed by atoms with Crippen molar-refractivity contribution in [3.8, 4) is 11.5 Å². The fourth-order valence-electron chi connectivity index (χ4n) is 2.24. The zero-order valence-corrected chi connectivity index (χ0v) is 14.2. The van der Waals surface area contributed by atoms with Crippen LogP contribution in [0.25, 0.3) is 11.5 Å². The van der Waals surface area contributed by atoms with Crippen LogP contribution in [0.2, 0.25) is 0 Å². The molecule has 1 heterocycles. The number of aromatic nitrogens is 2. The quantitative estimate of drug-likeness (QED) is 0.742. The first kappa shape index (κ1) is 15.4. The zero-order valence-electron chi connectivity index (χ0n) is 12.6. The molecule has 0 aliphatic carbocycles. The Hall–Kier alpha value is -2.47. The third-order valence-electron chi connectivity index (χ3n) is 3.34. The van der Waals surface area contributed by atoms with Crippen LogP contribution in [0.4, 0.5) is 6.01 Å². The lowest BCUT2D eigenvalue weighted by Crippen LogP contribution is -2.11. The maximum Gasteiger partial charge on any atom is 0.322 e. The van der Waals surface area contributed by atoms with Crippen molar-refractivity contribution in [1.29, 1.82) is 0 Å². The van der Waals surface area contributed by atoms with E-state index in [0.717, 1.165) is 21.2 Å². The van der Waals surface area contributed by atoms with E-state index < -0.39 is 0 Å². The highest BCUT2D eigenvalue weighted by atomic mass is 79.9. The van der Waals surface area contributed by atoms with Gasteiger partial charge in [0, 0.05) is 15.6 Å². The van der Waals surface area contributed by atoms with Crippen molar-refractivity contribution in [2.75, 3.05) is 5.32 Å². The van der Waals surface area contributed by atoms with Crippen LogP contribution in [0.5, 0.6) is 0 Å². The minimum absolute atomic E-state index is 0.0740. The number of halogens is 1. The SMILES string of the molecule is Cc1ccc(-c2nnc(NC(=O)c3cccc(Br)c3)o2)c(C)c1. The van der Waals surface area contributed by atoms with Gasteiger partial charge in [0.05, 0.1) is 0 Å². The summed E-state index contributed by atoms with van der Waals surface area (Å²) in [6, 6.07) is 13.1. The smallest absolute Gasteiger partial charge is 0.322 e. The summed E-state index contributed by atoms with van der Waals surface area (Å²) < 4.78 is 6.37. The third kappa shape index (κ3) is 3.48. The van der Waals surface area contributed by atoms with Gasteiger partial charge < -0.3 is 4.42 Å². The van der Waals surface area contributed by atoms with Crippen LogP contribution in [-0.4, -0.2) is 16.1 Å². The third-order valence-corrected chi connectivity index (χ3v) is 3.84. The number of nitrogens with zero attached hydrogens (tertiary/aromatic N) is 2. The molecule has 0 saturated carbocycles. The molecule has 6 heteroatoms. The van der Waals surface area contributed by atoms with E-state index in [1.165, 1.54) is 0 Å². The van der Waals surface area contributed by atoms with Crippen LogP contribution >= 0.6 is 15.9 Å². The van der Waals surface area contributed by atoms with E-state index in [1.807, 2.05) is 38.1 Å². The van der Waals surface area contributed by atoms with Gasteiger partial charge in [-0.05, 0) is 43.7 Å². The number of hydrogen-bond acceptors (Lipinski definition) is 4. The lowest BCUT2D eigenvalue weighted by atomic mass is 10.1. The molecule has 1 N–H and O–H groups in total. The molecule has 23 heavy (non-hydrogen) atoms. The monoisotopic (exact) mass is 371 g/mol. The predicted octanol–water partition coefficient (Wildman–Crippen LogP) is 4.37. The minimum Gasteiger partial charge on any atom is -0.403 e. The van der Waals surface area contributed by atoms with Gasteiger partial charge in [0.1, 0.15) is 0 Å². The van der Waals surface area contributed by atoms with E-state index >= 15 is 0 Å². The van der Waals surface area contributed by atoms with E-state index in [0.29, 0.717) is 11.5 Å². The van der Waals surface area contributed by atoms with Crippen LogP contribution < -0.4 is 5.32 Å². The summed E-state index contributed by atoms with van der Waals surface area (Å²) in [4.78, 5) is 12.2. The van der Waals surface area contributed by atoms with Crippen molar-refractivity contribution >= 4 is 27.9 Å². The Morgan fingerprint density at radius 2 is 1.96 bits per heavy atom. The molecular formula is C17H14BrN3O2. The van der Waals surface area contributed by atoms with Crippen LogP contribution in [0.15, 0.2) is 51.4 Å². The van der Waals surface area contributed by atoms with E-state index in [2.05, 4.69) is 31.4 Å². The molecule has 5 nitrogen and oxygen atoms in total. The summed E-state index contributed by atoms with van der Waals surface area (Å²) in [6.45, 7) is 4.00. The molecule has 0 spiro atoms. The number of carbonyl (C=O) groups excluding carboxylic acids is 1. The Bertz CT molecular complexity index is 874. The number of amides is 1. The summed E-state index contributed by atoms with van der Waals surface area (Å²) in [7, 11) is 0. The molecule has 0 saturated heterocycles. The summed E-state index contributed by atoms with van der Waals surface area (Å²) in [5, 5.41) is 10.5. The standard InChI is InChI=1S/C17H14BrN3O2/c1-10-6-7-14(11(2)8-10)16-20-21-17(23-16)19-15(22)12-4-3-5-13(18)9-12/h3-9H,1-2H3,(H,19,21,22). The molecule has 116 valence electrons. The topological polar surface area (TPSA) is 68.0 Å². The van der Waals surface area contributed by atoms with Gasteiger partial charge in [0.2, 0.25) is 5.89 Å². The Labute approximate surface area is 141 Å². The summed E-state index contributed by atoms with van der Waals surface area (Å²) in [5.74, 6) is 0.0779. The molecule has 3 aromatic rings. The van der Waals surface area contributed by atoms with Gasteiger partial charge >= 0.3 is 6.01 Å². The molecule has 1 amide bonds.